The molecule has 13 nitrogen and oxygen atoms in total. The number of benzene rings is 2. The number of nitro groups is 1. The van der Waals surface area contributed by atoms with Gasteiger partial charge in [0.1, 0.15) is 0 Å². The quantitative estimate of drug-likeness (QED) is 0.114. The zero-order chi connectivity index (χ0) is 33.1. The van der Waals surface area contributed by atoms with E-state index < -0.39 is 22.5 Å². The zero-order valence-electron chi connectivity index (χ0n) is 25.5. The van der Waals surface area contributed by atoms with E-state index in [1.54, 1.807) is 45.0 Å². The number of nitrogens with one attached hydrogen (secondary N) is 1. The number of carbonyl (C=O) groups excluding carboxylic acids is 1. The number of thiazole rings is 1. The fraction of sp³-hybridized carbons (Fsp3) is 0.258. The molecule has 0 spiro atoms. The third-order valence-electron chi connectivity index (χ3n) is 6.85. The van der Waals surface area contributed by atoms with Gasteiger partial charge in [0, 0.05) is 17.8 Å². The molecule has 5 rings (SSSR count). The van der Waals surface area contributed by atoms with E-state index in [0.29, 0.717) is 45.4 Å². The lowest BCUT2D eigenvalue weighted by molar-refractivity contribution is -0.387. The highest BCUT2D eigenvalue weighted by Crippen LogP contribution is 2.37. The summed E-state index contributed by atoms with van der Waals surface area (Å²) in [5.74, 6) is 0.326. The maximum absolute atomic E-state index is 14.0. The van der Waals surface area contributed by atoms with Crippen molar-refractivity contribution in [1.29, 1.82) is 0 Å². The van der Waals surface area contributed by atoms with Gasteiger partial charge < -0.3 is 19.2 Å². The zero-order valence-corrected chi connectivity index (χ0v) is 27.1. The monoisotopic (exact) mass is 663 g/mol. The van der Waals surface area contributed by atoms with Crippen LogP contribution in [0.15, 0.2) is 78.4 Å². The Labute approximate surface area is 270 Å². The summed E-state index contributed by atoms with van der Waals surface area (Å²) in [6.45, 7) is 7.35. The highest BCUT2D eigenvalue weighted by molar-refractivity contribution is 7.99. The molecule has 0 aliphatic carbocycles. The van der Waals surface area contributed by atoms with Gasteiger partial charge in [-0.1, -0.05) is 23.5 Å². The van der Waals surface area contributed by atoms with Crippen molar-refractivity contribution in [2.75, 3.05) is 20.3 Å². The van der Waals surface area contributed by atoms with Gasteiger partial charge in [0.15, 0.2) is 21.5 Å². The van der Waals surface area contributed by atoms with Gasteiger partial charge in [-0.25, -0.2) is 14.8 Å². The number of aromatic nitrogens is 3. The molecule has 2 aromatic carbocycles. The number of esters is 1. The molecular formula is C31H29N5O8S2. The predicted octanol–water partition coefficient (Wildman–Crippen LogP) is 3.66. The van der Waals surface area contributed by atoms with Crippen LogP contribution in [-0.4, -0.2) is 45.8 Å². The highest BCUT2D eigenvalue weighted by Gasteiger charge is 2.34. The van der Waals surface area contributed by atoms with Crippen molar-refractivity contribution in [1.82, 2.24) is 14.5 Å². The van der Waals surface area contributed by atoms with Gasteiger partial charge >= 0.3 is 5.97 Å². The maximum Gasteiger partial charge on any atom is 0.338 e. The Morgan fingerprint density at radius 3 is 2.59 bits per heavy atom. The number of fused-ring (bicyclic) bond motifs is 1. The SMILES string of the molecule is CCOC(=O)C1=C(C)N=c2s/c(=C/c3ccc(Sc4nc(C)cc(=O)[nH]4)c([N+](=O)[O-])c3)c(=O)n2[C@H]1c1ccc(OC)c(OCC)c1. The summed E-state index contributed by atoms with van der Waals surface area (Å²) in [5.41, 5.74) is 1.01. The van der Waals surface area contributed by atoms with Crippen LogP contribution in [0.25, 0.3) is 6.08 Å². The number of nitrogens with zero attached hydrogens (tertiary/aromatic N) is 4. The number of carbonyl (C=O) groups is 1. The third-order valence-corrected chi connectivity index (χ3v) is 8.79. The number of aromatic amines is 1. The summed E-state index contributed by atoms with van der Waals surface area (Å²) in [6, 6.07) is 10.1. The third kappa shape index (κ3) is 6.50. The van der Waals surface area contributed by atoms with Gasteiger partial charge in [0.25, 0.3) is 16.8 Å². The van der Waals surface area contributed by atoms with Crippen molar-refractivity contribution < 1.29 is 23.9 Å². The number of hydrogen-bond acceptors (Lipinski definition) is 12. The number of hydrogen-bond donors (Lipinski definition) is 1. The second-order valence-corrected chi connectivity index (χ2v) is 12.0. The molecule has 0 unspecified atom stereocenters. The number of nitro benzene ring substituents is 1. The molecule has 0 saturated carbocycles. The molecule has 46 heavy (non-hydrogen) atoms. The Morgan fingerprint density at radius 1 is 1.13 bits per heavy atom. The van der Waals surface area contributed by atoms with Crippen molar-refractivity contribution >= 4 is 40.8 Å². The van der Waals surface area contributed by atoms with Crippen LogP contribution in [0.5, 0.6) is 11.5 Å². The molecule has 4 aromatic rings. The first kappa shape index (κ1) is 32.4. The Hall–Kier alpha value is -5.02. The van der Waals surface area contributed by atoms with Crippen LogP contribution in [0.3, 0.4) is 0 Å². The lowest BCUT2D eigenvalue weighted by Crippen LogP contribution is -2.40. The van der Waals surface area contributed by atoms with Gasteiger partial charge in [-0.05, 0) is 74.9 Å². The number of H-pyrrole nitrogens is 1. The largest absolute Gasteiger partial charge is 0.493 e. The fourth-order valence-corrected chi connectivity index (χ4v) is 6.92. The molecule has 1 atom stereocenters. The van der Waals surface area contributed by atoms with E-state index in [-0.39, 0.29) is 38.0 Å². The van der Waals surface area contributed by atoms with Gasteiger partial charge in [-0.3, -0.25) is 24.3 Å². The number of methoxy groups -OCH3 is 1. The van der Waals surface area contributed by atoms with Crippen LogP contribution < -0.4 is 29.9 Å². The first-order valence-electron chi connectivity index (χ1n) is 14.1. The van der Waals surface area contributed by atoms with Crippen LogP contribution in [0, 0.1) is 17.0 Å². The molecule has 3 heterocycles. The van der Waals surface area contributed by atoms with Crippen molar-refractivity contribution in [3.63, 3.8) is 0 Å². The van der Waals surface area contributed by atoms with Crippen molar-refractivity contribution in [3.05, 3.63) is 111 Å². The Morgan fingerprint density at radius 2 is 1.91 bits per heavy atom. The molecule has 2 aromatic heterocycles. The van der Waals surface area contributed by atoms with Crippen molar-refractivity contribution in [2.45, 2.75) is 43.8 Å². The van der Waals surface area contributed by atoms with Gasteiger partial charge in [-0.15, -0.1) is 0 Å². The Bertz CT molecular complexity index is 2130. The van der Waals surface area contributed by atoms with E-state index in [9.17, 15) is 24.5 Å². The van der Waals surface area contributed by atoms with E-state index in [1.165, 1.54) is 36.0 Å². The minimum absolute atomic E-state index is 0.128. The molecule has 15 heteroatoms. The molecule has 0 amide bonds. The number of allylic oxidation sites excluding steroid dienone is 1. The molecule has 0 fully saturated rings. The van der Waals surface area contributed by atoms with Crippen LogP contribution >= 0.6 is 23.1 Å². The molecule has 1 N–H and O–H groups in total. The van der Waals surface area contributed by atoms with Crippen molar-refractivity contribution in [2.24, 2.45) is 4.99 Å². The standard InChI is InChI=1S/C31H29N5O8S2/c1-6-43-22-15-19(9-10-21(22)42-5)27-26(29(39)44-7-2)17(4)33-31-35(27)28(38)24(46-31)14-18-8-11-23(20(13-18)36(40)41)45-30-32-16(3)12-25(37)34-30/h8-15,27H,6-7H2,1-5H3,(H,32,34,37)/b24-14+/t27-/m0/s1. The average molecular weight is 664 g/mol. The van der Waals surface area contributed by atoms with Gasteiger partial charge in [0.2, 0.25) is 0 Å². The topological polar surface area (TPSA) is 168 Å². The first-order chi connectivity index (χ1) is 22.0. The summed E-state index contributed by atoms with van der Waals surface area (Å²) in [7, 11) is 1.52. The molecule has 1 aliphatic rings. The minimum atomic E-state index is -0.889. The smallest absolute Gasteiger partial charge is 0.338 e. The molecule has 0 bridgehead atoms. The van der Waals surface area contributed by atoms with Crippen LogP contribution in [0.1, 0.15) is 43.6 Å². The molecule has 0 saturated heterocycles. The van der Waals surface area contributed by atoms with Crippen LogP contribution in [-0.2, 0) is 9.53 Å². The molecule has 1 aliphatic heterocycles. The predicted molar refractivity (Wildman–Crippen MR) is 171 cm³/mol. The molecular weight excluding hydrogens is 635 g/mol. The lowest BCUT2D eigenvalue weighted by atomic mass is 9.95. The van der Waals surface area contributed by atoms with Crippen molar-refractivity contribution in [3.8, 4) is 11.5 Å². The van der Waals surface area contributed by atoms with E-state index >= 15 is 0 Å². The number of aryl methyl sites for hydroxylation is 1. The summed E-state index contributed by atoms with van der Waals surface area (Å²) in [4.78, 5) is 62.6. The number of ether oxygens (including phenoxy) is 3. The van der Waals surface area contributed by atoms with Crippen LogP contribution in [0.2, 0.25) is 0 Å². The minimum Gasteiger partial charge on any atom is -0.493 e. The van der Waals surface area contributed by atoms with E-state index in [1.807, 2.05) is 6.92 Å². The molecule has 238 valence electrons. The average Bonchev–Trinajstić information content (AvgIpc) is 3.30. The number of rotatable bonds is 10. The summed E-state index contributed by atoms with van der Waals surface area (Å²) < 4.78 is 18.2. The summed E-state index contributed by atoms with van der Waals surface area (Å²) >= 11 is 2.05. The van der Waals surface area contributed by atoms with Gasteiger partial charge in [0.05, 0.1) is 52.0 Å². The van der Waals surface area contributed by atoms with E-state index in [0.717, 1.165) is 23.1 Å². The lowest BCUT2D eigenvalue weighted by Gasteiger charge is -2.25. The molecule has 0 radical (unpaired) electrons. The van der Waals surface area contributed by atoms with Gasteiger partial charge in [-0.2, -0.15) is 0 Å². The first-order valence-corrected chi connectivity index (χ1v) is 15.7. The summed E-state index contributed by atoms with van der Waals surface area (Å²) in [5, 5.41) is 12.2. The Kier molecular flexibility index (Phi) is 9.53. The second kappa shape index (κ2) is 13.5. The van der Waals surface area contributed by atoms with E-state index in [2.05, 4.69) is 15.0 Å². The van der Waals surface area contributed by atoms with Crippen LogP contribution in [0.4, 0.5) is 5.69 Å². The Balaban J connectivity index is 1.64. The highest BCUT2D eigenvalue weighted by atomic mass is 32.2. The second-order valence-electron chi connectivity index (χ2n) is 9.92. The maximum atomic E-state index is 14.0. The summed E-state index contributed by atoms with van der Waals surface area (Å²) in [6.07, 6.45) is 1.54. The normalized spacial score (nSPS) is 14.5. The van der Waals surface area contributed by atoms with E-state index in [4.69, 9.17) is 14.2 Å². The fourth-order valence-electron chi connectivity index (χ4n) is 4.95.